The highest BCUT2D eigenvalue weighted by Crippen LogP contribution is 2.35. The molecule has 1 atom stereocenters. The summed E-state index contributed by atoms with van der Waals surface area (Å²) in [7, 11) is 0. The van der Waals surface area contributed by atoms with Crippen LogP contribution < -0.4 is 0 Å². The molecule has 0 heterocycles. The van der Waals surface area contributed by atoms with Gasteiger partial charge in [-0.25, -0.2) is 0 Å². The van der Waals surface area contributed by atoms with Gasteiger partial charge in [-0.2, -0.15) is 0 Å². The van der Waals surface area contributed by atoms with Crippen molar-refractivity contribution >= 4 is 11.9 Å². The van der Waals surface area contributed by atoms with Gasteiger partial charge in [-0.1, -0.05) is 57.2 Å². The van der Waals surface area contributed by atoms with E-state index in [0.717, 1.165) is 24.2 Å². The van der Waals surface area contributed by atoms with E-state index >= 15 is 0 Å². The van der Waals surface area contributed by atoms with Gasteiger partial charge >= 0.3 is 11.9 Å². The number of hydrogen-bond donors (Lipinski definition) is 0. The summed E-state index contributed by atoms with van der Waals surface area (Å²) < 4.78 is 22.5. The zero-order chi connectivity index (χ0) is 25.7. The number of ether oxygens (including phenoxy) is 4. The first kappa shape index (κ1) is 28.6. The second-order valence-corrected chi connectivity index (χ2v) is 10.3. The van der Waals surface area contributed by atoms with E-state index < -0.39 is 5.41 Å². The zero-order valence-electron chi connectivity index (χ0n) is 22.0. The summed E-state index contributed by atoms with van der Waals surface area (Å²) in [6, 6.07) is 9.67. The number of carbonyl (C=O) groups excluding carboxylic acids is 2. The average molecular weight is 487 g/mol. The second-order valence-electron chi connectivity index (χ2n) is 10.3. The van der Waals surface area contributed by atoms with E-state index in [1.807, 2.05) is 57.2 Å². The predicted octanol–water partition coefficient (Wildman–Crippen LogP) is 6.01. The van der Waals surface area contributed by atoms with E-state index in [4.69, 9.17) is 18.9 Å². The quantitative estimate of drug-likeness (QED) is 0.223. The lowest BCUT2D eigenvalue weighted by molar-refractivity contribution is -0.156. The van der Waals surface area contributed by atoms with Crippen molar-refractivity contribution in [3.05, 3.63) is 59.9 Å². The predicted molar refractivity (Wildman–Crippen MR) is 136 cm³/mol. The first-order valence-electron chi connectivity index (χ1n) is 12.6. The summed E-state index contributed by atoms with van der Waals surface area (Å²) in [5.74, 6) is 0.593. The molecule has 194 valence electrons. The van der Waals surface area contributed by atoms with E-state index in [1.165, 1.54) is 0 Å². The first-order chi connectivity index (χ1) is 16.6. The monoisotopic (exact) mass is 486 g/mol. The zero-order valence-corrected chi connectivity index (χ0v) is 22.0. The molecular weight excluding hydrogens is 444 g/mol. The Balaban J connectivity index is 1.60. The molecule has 0 fully saturated rings. The summed E-state index contributed by atoms with van der Waals surface area (Å²) in [6.07, 6.45) is 8.70. The Bertz CT molecular complexity index is 853. The van der Waals surface area contributed by atoms with Gasteiger partial charge in [-0.15, -0.1) is 0 Å². The fraction of sp³-hybridized carbons (Fsp3) is 0.586. The van der Waals surface area contributed by atoms with Crippen molar-refractivity contribution in [2.24, 2.45) is 16.7 Å². The minimum atomic E-state index is -0.601. The summed E-state index contributed by atoms with van der Waals surface area (Å²) in [4.78, 5) is 24.1. The number of esters is 2. The molecular formula is C29H42O6. The number of benzene rings is 1. The van der Waals surface area contributed by atoms with Crippen molar-refractivity contribution < 1.29 is 28.5 Å². The molecule has 1 aromatic rings. The van der Waals surface area contributed by atoms with E-state index in [0.29, 0.717) is 39.3 Å². The number of rotatable bonds is 15. The minimum absolute atomic E-state index is 0.127. The average Bonchev–Trinajstić information content (AvgIpc) is 2.81. The van der Waals surface area contributed by atoms with Gasteiger partial charge in [0.1, 0.15) is 12.4 Å². The van der Waals surface area contributed by atoms with Crippen LogP contribution in [-0.2, 0) is 35.1 Å². The summed E-state index contributed by atoms with van der Waals surface area (Å²) in [6.45, 7) is 12.2. The second kappa shape index (κ2) is 14.1. The van der Waals surface area contributed by atoms with Crippen molar-refractivity contribution in [1.29, 1.82) is 0 Å². The van der Waals surface area contributed by atoms with Gasteiger partial charge < -0.3 is 18.9 Å². The molecule has 35 heavy (non-hydrogen) atoms. The Morgan fingerprint density at radius 3 is 2.46 bits per heavy atom. The Morgan fingerprint density at radius 1 is 1.03 bits per heavy atom. The highest BCUT2D eigenvalue weighted by molar-refractivity contribution is 5.75. The molecule has 0 aromatic heterocycles. The highest BCUT2D eigenvalue weighted by atomic mass is 16.5. The van der Waals surface area contributed by atoms with Gasteiger partial charge in [0, 0.05) is 32.0 Å². The maximum Gasteiger partial charge on any atom is 0.311 e. The molecule has 1 aliphatic carbocycles. The number of hydrogen-bond acceptors (Lipinski definition) is 6. The lowest BCUT2D eigenvalue weighted by Gasteiger charge is -2.32. The third-order valence-corrected chi connectivity index (χ3v) is 6.18. The van der Waals surface area contributed by atoms with Gasteiger partial charge in [0.2, 0.25) is 0 Å². The molecule has 0 bridgehead atoms. The van der Waals surface area contributed by atoms with Crippen LogP contribution in [0.25, 0.3) is 0 Å². The molecule has 0 radical (unpaired) electrons. The van der Waals surface area contributed by atoms with Crippen molar-refractivity contribution in [2.45, 2.75) is 66.9 Å². The highest BCUT2D eigenvalue weighted by Gasteiger charge is 2.30. The van der Waals surface area contributed by atoms with E-state index in [1.54, 1.807) is 0 Å². The van der Waals surface area contributed by atoms with Crippen LogP contribution in [0.5, 0.6) is 0 Å². The first-order valence-corrected chi connectivity index (χ1v) is 12.6. The van der Waals surface area contributed by atoms with Crippen LogP contribution in [0.2, 0.25) is 0 Å². The smallest absolute Gasteiger partial charge is 0.311 e. The Kier molecular flexibility index (Phi) is 11.5. The molecule has 6 heteroatoms. The SMILES string of the molecule is CCCC(=O)OCC1C=CC(OCCCOCCC(C)(C)C(=O)OCc2ccccc2)=CC1(C)C. The summed E-state index contributed by atoms with van der Waals surface area (Å²) in [5, 5.41) is 0. The molecule has 0 N–H and O–H groups in total. The van der Waals surface area contributed by atoms with E-state index in [-0.39, 0.29) is 29.9 Å². The van der Waals surface area contributed by atoms with Crippen molar-refractivity contribution in [1.82, 2.24) is 0 Å². The Labute approximate surface area is 210 Å². The lowest BCUT2D eigenvalue weighted by Crippen LogP contribution is -2.28. The third kappa shape index (κ3) is 10.3. The van der Waals surface area contributed by atoms with Gasteiger partial charge in [-0.05, 0) is 49.8 Å². The standard InChI is InChI=1S/C29H42O6/c1-6-11-26(30)34-22-24-14-15-25(20-29(24,4)5)33-18-10-17-32-19-16-28(2,3)27(31)35-21-23-12-8-7-9-13-23/h7-9,12-15,20,24H,6,10-11,16-19,21-22H2,1-5H3. The van der Waals surface area contributed by atoms with Crippen LogP contribution in [0, 0.1) is 16.7 Å². The topological polar surface area (TPSA) is 71.1 Å². The van der Waals surface area contributed by atoms with Gasteiger partial charge in [0.15, 0.2) is 0 Å². The molecule has 0 saturated carbocycles. The fourth-order valence-electron chi connectivity index (χ4n) is 3.60. The van der Waals surface area contributed by atoms with Crippen molar-refractivity contribution in [3.63, 3.8) is 0 Å². The lowest BCUT2D eigenvalue weighted by atomic mass is 9.76. The Hall–Kier alpha value is -2.60. The van der Waals surface area contributed by atoms with E-state index in [2.05, 4.69) is 26.0 Å². The Morgan fingerprint density at radius 2 is 1.77 bits per heavy atom. The fourth-order valence-corrected chi connectivity index (χ4v) is 3.60. The third-order valence-electron chi connectivity index (χ3n) is 6.18. The van der Waals surface area contributed by atoms with Crippen molar-refractivity contribution in [3.8, 4) is 0 Å². The normalized spacial score (nSPS) is 16.9. The molecule has 1 aliphatic rings. The van der Waals surface area contributed by atoms with Gasteiger partial charge in [-0.3, -0.25) is 9.59 Å². The van der Waals surface area contributed by atoms with Crippen LogP contribution in [-0.4, -0.2) is 38.4 Å². The molecule has 2 rings (SSSR count). The molecule has 6 nitrogen and oxygen atoms in total. The van der Waals surface area contributed by atoms with Gasteiger partial charge in [0.05, 0.1) is 18.6 Å². The van der Waals surface area contributed by atoms with Crippen LogP contribution in [0.1, 0.15) is 65.9 Å². The van der Waals surface area contributed by atoms with Crippen molar-refractivity contribution in [2.75, 3.05) is 26.4 Å². The van der Waals surface area contributed by atoms with Crippen LogP contribution in [0.4, 0.5) is 0 Å². The maximum absolute atomic E-state index is 12.4. The number of allylic oxidation sites excluding steroid dienone is 2. The molecule has 0 spiro atoms. The maximum atomic E-state index is 12.4. The summed E-state index contributed by atoms with van der Waals surface area (Å²) >= 11 is 0. The van der Waals surface area contributed by atoms with Crippen LogP contribution in [0.15, 0.2) is 54.3 Å². The number of carbonyl (C=O) groups is 2. The molecule has 0 aliphatic heterocycles. The van der Waals surface area contributed by atoms with Crippen LogP contribution in [0.3, 0.4) is 0 Å². The van der Waals surface area contributed by atoms with Gasteiger partial charge in [0.25, 0.3) is 0 Å². The molecule has 0 saturated heterocycles. The molecule has 0 amide bonds. The largest absolute Gasteiger partial charge is 0.494 e. The van der Waals surface area contributed by atoms with Crippen LogP contribution >= 0.6 is 0 Å². The van der Waals surface area contributed by atoms with E-state index in [9.17, 15) is 9.59 Å². The molecule has 1 aromatic carbocycles. The minimum Gasteiger partial charge on any atom is -0.494 e. The summed E-state index contributed by atoms with van der Waals surface area (Å²) in [5.41, 5.74) is 0.217. The molecule has 1 unspecified atom stereocenters.